The van der Waals surface area contributed by atoms with Gasteiger partial charge in [-0.1, -0.05) is 17.8 Å². The number of amides is 1. The Hall–Kier alpha value is -2.45. The van der Waals surface area contributed by atoms with E-state index < -0.39 is 0 Å². The van der Waals surface area contributed by atoms with Crippen LogP contribution in [0.4, 0.5) is 5.69 Å². The van der Waals surface area contributed by atoms with E-state index in [1.165, 1.54) is 18.7 Å². The Balaban J connectivity index is 1.60. The lowest BCUT2D eigenvalue weighted by Gasteiger charge is -2.10. The minimum Gasteiger partial charge on any atom is -0.325 e. The number of nitrogens with zero attached hydrogens (tertiary/aromatic N) is 2. The topological polar surface area (TPSA) is 87.7 Å². The van der Waals surface area contributed by atoms with Crippen molar-refractivity contribution in [1.82, 2.24) is 15.2 Å². The summed E-state index contributed by atoms with van der Waals surface area (Å²) in [5.74, 6) is 0.543. The number of ketones is 1. The summed E-state index contributed by atoms with van der Waals surface area (Å²) in [6.45, 7) is 3.30. The van der Waals surface area contributed by atoms with Gasteiger partial charge in [0.25, 0.3) is 0 Å². The van der Waals surface area contributed by atoms with E-state index in [9.17, 15) is 9.59 Å². The SMILES string of the molecule is CC(=O)c1ccc(NC(=O)[C@H](C)Sc2n[nH]c(-c3cccs3)n2)cc1. The normalized spacial score (nSPS) is 11.9. The predicted octanol–water partition coefficient (Wildman–Crippen LogP) is 3.86. The van der Waals surface area contributed by atoms with Crippen molar-refractivity contribution in [3.05, 3.63) is 47.3 Å². The summed E-state index contributed by atoms with van der Waals surface area (Å²) < 4.78 is 0. The third-order valence-electron chi connectivity index (χ3n) is 3.43. The number of aromatic nitrogens is 3. The van der Waals surface area contributed by atoms with Gasteiger partial charge in [-0.2, -0.15) is 0 Å². The van der Waals surface area contributed by atoms with E-state index in [0.717, 1.165) is 4.88 Å². The number of nitrogens with one attached hydrogen (secondary N) is 2. The number of thiophene rings is 1. The van der Waals surface area contributed by atoms with Gasteiger partial charge in [-0.15, -0.1) is 16.4 Å². The van der Waals surface area contributed by atoms with Crippen molar-refractivity contribution in [2.24, 2.45) is 0 Å². The molecule has 2 aromatic heterocycles. The maximum Gasteiger partial charge on any atom is 0.237 e. The molecule has 6 nitrogen and oxygen atoms in total. The van der Waals surface area contributed by atoms with Crippen LogP contribution in [0, 0.1) is 0 Å². The van der Waals surface area contributed by atoms with Crippen LogP contribution < -0.4 is 5.32 Å². The van der Waals surface area contributed by atoms with E-state index in [1.54, 1.807) is 42.5 Å². The first-order valence-electron chi connectivity index (χ1n) is 7.58. The van der Waals surface area contributed by atoms with Crippen LogP contribution in [-0.2, 0) is 4.79 Å². The quantitative estimate of drug-likeness (QED) is 0.507. The molecule has 0 aliphatic carbocycles. The Labute approximate surface area is 153 Å². The van der Waals surface area contributed by atoms with Crippen molar-refractivity contribution in [2.45, 2.75) is 24.3 Å². The molecule has 25 heavy (non-hydrogen) atoms. The Morgan fingerprint density at radius 1 is 1.24 bits per heavy atom. The van der Waals surface area contributed by atoms with Crippen molar-refractivity contribution in [3.63, 3.8) is 0 Å². The van der Waals surface area contributed by atoms with E-state index in [-0.39, 0.29) is 16.9 Å². The number of H-pyrrole nitrogens is 1. The monoisotopic (exact) mass is 372 g/mol. The lowest BCUT2D eigenvalue weighted by atomic mass is 10.1. The lowest BCUT2D eigenvalue weighted by molar-refractivity contribution is -0.115. The molecule has 128 valence electrons. The molecule has 1 aromatic carbocycles. The van der Waals surface area contributed by atoms with Crippen molar-refractivity contribution < 1.29 is 9.59 Å². The molecule has 0 aliphatic rings. The van der Waals surface area contributed by atoms with Crippen LogP contribution in [-0.4, -0.2) is 32.1 Å². The fourth-order valence-corrected chi connectivity index (χ4v) is 3.45. The number of thioether (sulfide) groups is 1. The molecule has 0 bridgehead atoms. The van der Waals surface area contributed by atoms with Crippen molar-refractivity contribution >= 4 is 40.5 Å². The first-order valence-corrected chi connectivity index (χ1v) is 9.33. The summed E-state index contributed by atoms with van der Waals surface area (Å²) in [6.07, 6.45) is 0. The zero-order chi connectivity index (χ0) is 17.8. The summed E-state index contributed by atoms with van der Waals surface area (Å²) in [6, 6.07) is 10.7. The first kappa shape index (κ1) is 17.4. The second-order valence-electron chi connectivity index (χ2n) is 5.33. The average Bonchev–Trinajstić information content (AvgIpc) is 3.26. The van der Waals surface area contributed by atoms with Crippen molar-refractivity contribution in [1.29, 1.82) is 0 Å². The van der Waals surface area contributed by atoms with Crippen LogP contribution in [0.25, 0.3) is 10.7 Å². The minimum atomic E-state index is -0.362. The van der Waals surface area contributed by atoms with Gasteiger partial charge in [0.2, 0.25) is 11.1 Å². The van der Waals surface area contributed by atoms with Crippen LogP contribution in [0.2, 0.25) is 0 Å². The van der Waals surface area contributed by atoms with Gasteiger partial charge >= 0.3 is 0 Å². The molecule has 0 aliphatic heterocycles. The summed E-state index contributed by atoms with van der Waals surface area (Å²) >= 11 is 2.86. The highest BCUT2D eigenvalue weighted by atomic mass is 32.2. The number of carbonyl (C=O) groups excluding carboxylic acids is 2. The predicted molar refractivity (Wildman–Crippen MR) is 100 cm³/mol. The highest BCUT2D eigenvalue weighted by Gasteiger charge is 2.18. The molecule has 1 atom stereocenters. The number of hydrogen-bond acceptors (Lipinski definition) is 6. The third-order valence-corrected chi connectivity index (χ3v) is 5.27. The standard InChI is InChI=1S/C17H16N4O2S2/c1-10(22)12-5-7-13(8-6-12)18-16(23)11(2)25-17-19-15(20-21-17)14-4-3-9-24-14/h3-9,11H,1-2H3,(H,18,23)(H,19,20,21)/t11-/m0/s1. The Morgan fingerprint density at radius 3 is 2.64 bits per heavy atom. The zero-order valence-electron chi connectivity index (χ0n) is 13.6. The van der Waals surface area contributed by atoms with Crippen molar-refractivity contribution in [3.8, 4) is 10.7 Å². The lowest BCUT2D eigenvalue weighted by Crippen LogP contribution is -2.22. The average molecular weight is 372 g/mol. The van der Waals surface area contributed by atoms with Gasteiger partial charge in [0, 0.05) is 11.3 Å². The Kier molecular flexibility index (Phi) is 5.30. The molecule has 1 amide bonds. The molecule has 0 spiro atoms. The van der Waals surface area contributed by atoms with Crippen molar-refractivity contribution in [2.75, 3.05) is 5.32 Å². The fraction of sp³-hybridized carbons (Fsp3) is 0.176. The van der Waals surface area contributed by atoms with Crippen LogP contribution in [0.5, 0.6) is 0 Å². The summed E-state index contributed by atoms with van der Waals surface area (Å²) in [5.41, 5.74) is 1.26. The molecule has 0 saturated carbocycles. The summed E-state index contributed by atoms with van der Waals surface area (Å²) in [5, 5.41) is 12.0. The number of rotatable bonds is 6. The van der Waals surface area contributed by atoms with Crippen LogP contribution in [0.15, 0.2) is 46.9 Å². The Morgan fingerprint density at radius 2 is 2.00 bits per heavy atom. The maximum atomic E-state index is 12.3. The number of Topliss-reactive ketones (excluding diaryl/α,β-unsaturated/α-hetero) is 1. The summed E-state index contributed by atoms with van der Waals surface area (Å²) in [4.78, 5) is 29.0. The molecule has 0 saturated heterocycles. The van der Waals surface area contributed by atoms with Crippen LogP contribution >= 0.6 is 23.1 Å². The molecule has 8 heteroatoms. The van der Waals surface area contributed by atoms with E-state index in [2.05, 4.69) is 20.5 Å². The van der Waals surface area contributed by atoms with Crippen LogP contribution in [0.3, 0.4) is 0 Å². The van der Waals surface area contributed by atoms with Gasteiger partial charge in [-0.25, -0.2) is 4.98 Å². The van der Waals surface area contributed by atoms with Gasteiger partial charge in [0.05, 0.1) is 10.1 Å². The molecular formula is C17H16N4O2S2. The number of hydrogen-bond donors (Lipinski definition) is 2. The molecule has 0 fully saturated rings. The molecular weight excluding hydrogens is 356 g/mol. The maximum absolute atomic E-state index is 12.3. The molecule has 0 radical (unpaired) electrons. The van der Waals surface area contributed by atoms with E-state index in [1.807, 2.05) is 17.5 Å². The highest BCUT2D eigenvalue weighted by Crippen LogP contribution is 2.25. The molecule has 2 heterocycles. The number of carbonyl (C=O) groups is 2. The van der Waals surface area contributed by atoms with Gasteiger partial charge < -0.3 is 5.32 Å². The Bertz CT molecular complexity index is 872. The van der Waals surface area contributed by atoms with E-state index in [0.29, 0.717) is 22.2 Å². The smallest absolute Gasteiger partial charge is 0.237 e. The molecule has 3 aromatic rings. The number of anilines is 1. The van der Waals surface area contributed by atoms with Gasteiger partial charge in [-0.05, 0) is 49.6 Å². The second kappa shape index (κ2) is 7.62. The largest absolute Gasteiger partial charge is 0.325 e. The minimum absolute atomic E-state index is 0.00653. The fourth-order valence-electron chi connectivity index (χ4n) is 2.07. The molecule has 0 unspecified atom stereocenters. The van der Waals surface area contributed by atoms with Gasteiger partial charge in [0.1, 0.15) is 0 Å². The first-order chi connectivity index (χ1) is 12.0. The van der Waals surface area contributed by atoms with Gasteiger partial charge in [0.15, 0.2) is 11.6 Å². The highest BCUT2D eigenvalue weighted by molar-refractivity contribution is 8.00. The van der Waals surface area contributed by atoms with Gasteiger partial charge in [-0.3, -0.25) is 14.7 Å². The number of aromatic amines is 1. The molecule has 3 rings (SSSR count). The zero-order valence-corrected chi connectivity index (χ0v) is 15.3. The van der Waals surface area contributed by atoms with Crippen LogP contribution in [0.1, 0.15) is 24.2 Å². The van der Waals surface area contributed by atoms with E-state index in [4.69, 9.17) is 0 Å². The second-order valence-corrected chi connectivity index (χ2v) is 7.58. The number of benzene rings is 1. The molecule has 2 N–H and O–H groups in total. The summed E-state index contributed by atoms with van der Waals surface area (Å²) in [7, 11) is 0. The van der Waals surface area contributed by atoms with E-state index >= 15 is 0 Å². The third kappa shape index (κ3) is 4.34.